The summed E-state index contributed by atoms with van der Waals surface area (Å²) in [5.74, 6) is -0.699. The van der Waals surface area contributed by atoms with E-state index >= 15 is 0 Å². The smallest absolute Gasteiger partial charge is 0.328 e. The van der Waals surface area contributed by atoms with Crippen LogP contribution < -0.4 is 4.74 Å². The fourth-order valence-corrected chi connectivity index (χ4v) is 2.88. The van der Waals surface area contributed by atoms with Crippen LogP contribution in [0.2, 0.25) is 0 Å². The van der Waals surface area contributed by atoms with Gasteiger partial charge < -0.3 is 24.2 Å². The number of carboxylic acids is 1. The lowest BCUT2D eigenvalue weighted by atomic mass is 10.1. The Hall–Kier alpha value is -2.12. The predicted molar refractivity (Wildman–Crippen MR) is 84.2 cm³/mol. The highest BCUT2D eigenvalue weighted by Crippen LogP contribution is 2.19. The number of carbonyl (C=O) groups excluding carboxylic acids is 1. The molecule has 2 atom stereocenters. The lowest BCUT2D eigenvalue weighted by Gasteiger charge is -2.32. The molecule has 0 bridgehead atoms. The fraction of sp³-hybridized carbons (Fsp3) is 0.529. The molecule has 2 fully saturated rings. The van der Waals surface area contributed by atoms with Crippen molar-refractivity contribution in [2.75, 3.05) is 33.0 Å². The summed E-state index contributed by atoms with van der Waals surface area (Å²) in [6, 6.07) is 5.81. The monoisotopic (exact) mass is 335 g/mol. The number of amides is 1. The standard InChI is InChI=1S/C17H21NO6/c19-16(18-7-9-22-11-15(18)17(20)21)12-3-5-13(6-4-12)24-10-14-2-1-8-23-14/h3-6,14-15H,1-2,7-11H2,(H,20,21)/t14-,15-/m1/s1. The van der Waals surface area contributed by atoms with Crippen LogP contribution in [0.25, 0.3) is 0 Å². The summed E-state index contributed by atoms with van der Waals surface area (Å²) >= 11 is 0. The first-order chi connectivity index (χ1) is 11.6. The normalized spacial score (nSPS) is 23.9. The SMILES string of the molecule is O=C(O)[C@H]1COCCN1C(=O)c1ccc(OC[C@H]2CCCO2)cc1. The molecule has 0 radical (unpaired) electrons. The van der Waals surface area contributed by atoms with Crippen molar-refractivity contribution in [2.45, 2.75) is 25.0 Å². The zero-order valence-corrected chi connectivity index (χ0v) is 13.3. The topological polar surface area (TPSA) is 85.3 Å². The second-order valence-electron chi connectivity index (χ2n) is 5.90. The number of hydrogen-bond acceptors (Lipinski definition) is 5. The van der Waals surface area contributed by atoms with Crippen molar-refractivity contribution in [3.05, 3.63) is 29.8 Å². The van der Waals surface area contributed by atoms with Gasteiger partial charge in [-0.15, -0.1) is 0 Å². The Bertz CT molecular complexity index is 581. The molecule has 7 nitrogen and oxygen atoms in total. The van der Waals surface area contributed by atoms with E-state index in [9.17, 15) is 14.7 Å². The third-order valence-corrected chi connectivity index (χ3v) is 4.24. The largest absolute Gasteiger partial charge is 0.491 e. The summed E-state index contributed by atoms with van der Waals surface area (Å²) < 4.78 is 16.3. The Balaban J connectivity index is 1.61. The van der Waals surface area contributed by atoms with Gasteiger partial charge in [0.1, 0.15) is 12.4 Å². The Morgan fingerprint density at radius 2 is 2.04 bits per heavy atom. The van der Waals surface area contributed by atoms with Gasteiger partial charge in [0, 0.05) is 18.7 Å². The summed E-state index contributed by atoms with van der Waals surface area (Å²) in [7, 11) is 0. The Labute approximate surface area is 140 Å². The minimum atomic E-state index is -1.06. The molecule has 0 spiro atoms. The van der Waals surface area contributed by atoms with E-state index in [0.29, 0.717) is 24.5 Å². The molecular weight excluding hydrogens is 314 g/mol. The van der Waals surface area contributed by atoms with Crippen LogP contribution in [0.15, 0.2) is 24.3 Å². The molecule has 2 aliphatic heterocycles. The summed E-state index contributed by atoms with van der Waals surface area (Å²) in [6.07, 6.45) is 2.20. The van der Waals surface area contributed by atoms with Crippen molar-refractivity contribution in [2.24, 2.45) is 0 Å². The third kappa shape index (κ3) is 3.85. The molecule has 0 aromatic heterocycles. The maximum Gasteiger partial charge on any atom is 0.328 e. The molecule has 2 heterocycles. The number of hydrogen-bond donors (Lipinski definition) is 1. The van der Waals surface area contributed by atoms with E-state index in [1.165, 1.54) is 4.90 Å². The lowest BCUT2D eigenvalue weighted by molar-refractivity contribution is -0.147. The molecule has 1 aromatic rings. The summed E-state index contributed by atoms with van der Waals surface area (Å²) in [4.78, 5) is 25.1. The van der Waals surface area contributed by atoms with Crippen LogP contribution in [0.4, 0.5) is 0 Å². The highest BCUT2D eigenvalue weighted by molar-refractivity contribution is 5.96. The number of aliphatic carboxylic acids is 1. The first kappa shape index (κ1) is 16.7. The average Bonchev–Trinajstić information content (AvgIpc) is 3.13. The van der Waals surface area contributed by atoms with Gasteiger partial charge in [-0.3, -0.25) is 4.79 Å². The number of carbonyl (C=O) groups is 2. The van der Waals surface area contributed by atoms with Crippen LogP contribution in [-0.4, -0.2) is 67.0 Å². The predicted octanol–water partition coefficient (Wildman–Crippen LogP) is 1.17. The van der Waals surface area contributed by atoms with Gasteiger partial charge in [0.2, 0.25) is 0 Å². The number of rotatable bonds is 5. The van der Waals surface area contributed by atoms with Crippen LogP contribution in [0.5, 0.6) is 5.75 Å². The first-order valence-corrected chi connectivity index (χ1v) is 8.11. The maximum absolute atomic E-state index is 12.5. The van der Waals surface area contributed by atoms with Crippen LogP contribution >= 0.6 is 0 Å². The van der Waals surface area contributed by atoms with Gasteiger partial charge >= 0.3 is 5.97 Å². The average molecular weight is 335 g/mol. The number of benzene rings is 1. The van der Waals surface area contributed by atoms with E-state index in [1.807, 2.05) is 0 Å². The summed E-state index contributed by atoms with van der Waals surface area (Å²) in [5, 5.41) is 9.22. The zero-order chi connectivity index (χ0) is 16.9. The molecule has 1 N–H and O–H groups in total. The maximum atomic E-state index is 12.5. The minimum absolute atomic E-state index is 0.0175. The van der Waals surface area contributed by atoms with Gasteiger partial charge in [-0.25, -0.2) is 4.79 Å². The van der Waals surface area contributed by atoms with Crippen LogP contribution in [-0.2, 0) is 14.3 Å². The number of ether oxygens (including phenoxy) is 3. The van der Waals surface area contributed by atoms with E-state index in [4.69, 9.17) is 14.2 Å². The van der Waals surface area contributed by atoms with Crippen molar-refractivity contribution < 1.29 is 28.9 Å². The van der Waals surface area contributed by atoms with E-state index in [1.54, 1.807) is 24.3 Å². The van der Waals surface area contributed by atoms with Crippen molar-refractivity contribution in [3.63, 3.8) is 0 Å². The number of carboxylic acid groups (broad SMARTS) is 1. The summed E-state index contributed by atoms with van der Waals surface area (Å²) in [6.45, 7) is 1.92. The molecule has 3 rings (SSSR count). The van der Waals surface area contributed by atoms with Crippen LogP contribution in [0.3, 0.4) is 0 Å². The molecule has 0 aliphatic carbocycles. The second-order valence-corrected chi connectivity index (χ2v) is 5.90. The van der Waals surface area contributed by atoms with Gasteiger partial charge in [0.25, 0.3) is 5.91 Å². The zero-order valence-electron chi connectivity index (χ0n) is 13.3. The van der Waals surface area contributed by atoms with Crippen molar-refractivity contribution >= 4 is 11.9 Å². The van der Waals surface area contributed by atoms with Gasteiger partial charge in [-0.2, -0.15) is 0 Å². The molecule has 2 aliphatic rings. The third-order valence-electron chi connectivity index (χ3n) is 4.24. The fourth-order valence-electron chi connectivity index (χ4n) is 2.88. The Morgan fingerprint density at radius 3 is 2.71 bits per heavy atom. The number of morpholine rings is 1. The second kappa shape index (κ2) is 7.63. The molecule has 24 heavy (non-hydrogen) atoms. The van der Waals surface area contributed by atoms with Gasteiger partial charge in [-0.1, -0.05) is 0 Å². The Kier molecular flexibility index (Phi) is 5.32. The van der Waals surface area contributed by atoms with Crippen molar-refractivity contribution in [3.8, 4) is 5.75 Å². The molecule has 0 saturated carbocycles. The molecule has 0 unspecified atom stereocenters. The van der Waals surface area contributed by atoms with Gasteiger partial charge in [0.05, 0.1) is 19.3 Å². The van der Waals surface area contributed by atoms with Crippen molar-refractivity contribution in [1.29, 1.82) is 0 Å². The van der Waals surface area contributed by atoms with E-state index in [0.717, 1.165) is 19.4 Å². The molecular formula is C17H21NO6. The molecule has 2 saturated heterocycles. The van der Waals surface area contributed by atoms with E-state index < -0.39 is 12.0 Å². The van der Waals surface area contributed by atoms with Crippen LogP contribution in [0.1, 0.15) is 23.2 Å². The number of nitrogens with zero attached hydrogens (tertiary/aromatic N) is 1. The molecule has 130 valence electrons. The quantitative estimate of drug-likeness (QED) is 0.869. The molecule has 1 amide bonds. The van der Waals surface area contributed by atoms with Gasteiger partial charge in [-0.05, 0) is 37.1 Å². The van der Waals surface area contributed by atoms with Crippen molar-refractivity contribution in [1.82, 2.24) is 4.90 Å². The molecule has 7 heteroatoms. The Morgan fingerprint density at radius 1 is 1.25 bits per heavy atom. The lowest BCUT2D eigenvalue weighted by Crippen LogP contribution is -2.52. The van der Waals surface area contributed by atoms with E-state index in [2.05, 4.69) is 0 Å². The van der Waals surface area contributed by atoms with E-state index in [-0.39, 0.29) is 25.2 Å². The highest BCUT2D eigenvalue weighted by Gasteiger charge is 2.33. The first-order valence-electron chi connectivity index (χ1n) is 8.11. The molecule has 1 aromatic carbocycles. The minimum Gasteiger partial charge on any atom is -0.491 e. The highest BCUT2D eigenvalue weighted by atomic mass is 16.5. The van der Waals surface area contributed by atoms with Crippen LogP contribution in [0, 0.1) is 0 Å². The summed E-state index contributed by atoms with van der Waals surface area (Å²) in [5.41, 5.74) is 0.438. The van der Waals surface area contributed by atoms with Gasteiger partial charge in [0.15, 0.2) is 6.04 Å².